The number of hydrogen-bond donors (Lipinski definition) is 3. The van der Waals surface area contributed by atoms with Crippen molar-refractivity contribution in [1.82, 2.24) is 15.1 Å². The molecule has 0 aliphatic rings. The third kappa shape index (κ3) is 3.03. The number of nitrogens with zero attached hydrogens (tertiary/aromatic N) is 2. The molecule has 1 atom stereocenters. The lowest BCUT2D eigenvalue weighted by Crippen LogP contribution is -2.43. The Labute approximate surface area is 87.5 Å². The van der Waals surface area contributed by atoms with Crippen molar-refractivity contribution in [3.05, 3.63) is 18.5 Å². The highest BCUT2D eigenvalue weighted by molar-refractivity contribution is 5.80. The second kappa shape index (κ2) is 5.47. The fraction of sp³-hybridized carbons (Fsp3) is 0.556. The van der Waals surface area contributed by atoms with Gasteiger partial charge in [0.1, 0.15) is 6.04 Å². The monoisotopic (exact) mass is 213 g/mol. The summed E-state index contributed by atoms with van der Waals surface area (Å²) in [5.41, 5.74) is 0. The van der Waals surface area contributed by atoms with Crippen LogP contribution >= 0.6 is 0 Å². The van der Waals surface area contributed by atoms with E-state index in [1.165, 1.54) is 4.68 Å². The summed E-state index contributed by atoms with van der Waals surface area (Å²) < 4.78 is 1.50. The molecule has 1 amide bonds. The molecular weight excluding hydrogens is 198 g/mol. The molecule has 0 saturated heterocycles. The van der Waals surface area contributed by atoms with Crippen LogP contribution in [-0.2, 0) is 4.79 Å². The Balaban J connectivity index is 2.53. The van der Waals surface area contributed by atoms with Crippen molar-refractivity contribution in [3.8, 4) is 0 Å². The van der Waals surface area contributed by atoms with E-state index < -0.39 is 12.1 Å². The largest absolute Gasteiger partial charge is 0.394 e. The Kier molecular flexibility index (Phi) is 4.26. The Morgan fingerprint density at radius 1 is 1.53 bits per heavy atom. The Morgan fingerprint density at radius 2 is 2.20 bits per heavy atom. The van der Waals surface area contributed by atoms with Gasteiger partial charge in [0.2, 0.25) is 5.91 Å². The molecule has 0 aromatic carbocycles. The lowest BCUT2D eigenvalue weighted by Gasteiger charge is -2.17. The van der Waals surface area contributed by atoms with Gasteiger partial charge in [-0.1, -0.05) is 0 Å². The normalized spacial score (nSPS) is 12.8. The second-order valence-electron chi connectivity index (χ2n) is 3.23. The fourth-order valence-electron chi connectivity index (χ4n) is 1.10. The number of nitrogens with one attached hydrogen (secondary N) is 1. The lowest BCUT2D eigenvalue weighted by molar-refractivity contribution is -0.125. The van der Waals surface area contributed by atoms with Gasteiger partial charge < -0.3 is 15.5 Å². The van der Waals surface area contributed by atoms with E-state index in [1.807, 2.05) is 0 Å². The van der Waals surface area contributed by atoms with Crippen LogP contribution in [0, 0.1) is 0 Å². The topological polar surface area (TPSA) is 87.4 Å². The lowest BCUT2D eigenvalue weighted by atomic mass is 10.2. The molecule has 0 saturated carbocycles. The van der Waals surface area contributed by atoms with Crippen LogP contribution in [0.25, 0.3) is 0 Å². The van der Waals surface area contributed by atoms with Crippen LogP contribution in [0.3, 0.4) is 0 Å². The van der Waals surface area contributed by atoms with E-state index in [1.54, 1.807) is 25.4 Å². The molecule has 84 valence electrons. The summed E-state index contributed by atoms with van der Waals surface area (Å²) in [5, 5.41) is 24.0. The van der Waals surface area contributed by atoms with Crippen molar-refractivity contribution in [2.24, 2.45) is 0 Å². The number of carbonyl (C=O) groups is 1. The molecule has 15 heavy (non-hydrogen) atoms. The predicted octanol–water partition coefficient (Wildman–Crippen LogP) is -1.09. The van der Waals surface area contributed by atoms with Crippen molar-refractivity contribution in [3.63, 3.8) is 0 Å². The maximum Gasteiger partial charge on any atom is 0.244 e. The van der Waals surface area contributed by atoms with Gasteiger partial charge in [-0.2, -0.15) is 5.10 Å². The SMILES string of the molecule is CC(C(=O)NC(CO)CO)n1cccn1. The van der Waals surface area contributed by atoms with Crippen molar-refractivity contribution in [1.29, 1.82) is 0 Å². The highest BCUT2D eigenvalue weighted by atomic mass is 16.3. The molecule has 1 unspecified atom stereocenters. The van der Waals surface area contributed by atoms with Gasteiger partial charge >= 0.3 is 0 Å². The van der Waals surface area contributed by atoms with E-state index in [0.717, 1.165) is 0 Å². The van der Waals surface area contributed by atoms with Gasteiger partial charge in [-0.15, -0.1) is 0 Å². The molecule has 1 aromatic heterocycles. The number of carbonyl (C=O) groups excluding carboxylic acids is 1. The zero-order valence-electron chi connectivity index (χ0n) is 8.50. The van der Waals surface area contributed by atoms with Crippen molar-refractivity contribution in [2.45, 2.75) is 19.0 Å². The molecule has 0 aliphatic heterocycles. The quantitative estimate of drug-likeness (QED) is 0.580. The van der Waals surface area contributed by atoms with Gasteiger partial charge in [-0.25, -0.2) is 0 Å². The number of hydrogen-bond acceptors (Lipinski definition) is 4. The summed E-state index contributed by atoms with van der Waals surface area (Å²) in [4.78, 5) is 11.6. The van der Waals surface area contributed by atoms with Crippen LogP contribution < -0.4 is 5.32 Å². The van der Waals surface area contributed by atoms with Gasteiger partial charge in [0.15, 0.2) is 0 Å². The van der Waals surface area contributed by atoms with E-state index in [9.17, 15) is 4.79 Å². The van der Waals surface area contributed by atoms with Gasteiger partial charge in [-0.3, -0.25) is 9.48 Å². The fourth-order valence-corrected chi connectivity index (χ4v) is 1.10. The first kappa shape index (κ1) is 11.7. The average molecular weight is 213 g/mol. The Morgan fingerprint density at radius 3 is 2.67 bits per heavy atom. The van der Waals surface area contributed by atoms with Gasteiger partial charge in [-0.05, 0) is 13.0 Å². The molecule has 1 rings (SSSR count). The van der Waals surface area contributed by atoms with E-state index in [2.05, 4.69) is 10.4 Å². The number of rotatable bonds is 5. The minimum Gasteiger partial charge on any atom is -0.394 e. The maximum absolute atomic E-state index is 11.6. The minimum absolute atomic E-state index is 0.284. The Bertz CT molecular complexity index is 296. The van der Waals surface area contributed by atoms with Crippen molar-refractivity contribution >= 4 is 5.91 Å². The molecule has 0 radical (unpaired) electrons. The minimum atomic E-state index is -0.615. The summed E-state index contributed by atoms with van der Waals surface area (Å²) in [6.45, 7) is 1.12. The smallest absolute Gasteiger partial charge is 0.244 e. The van der Waals surface area contributed by atoms with Crippen LogP contribution in [0.2, 0.25) is 0 Å². The average Bonchev–Trinajstić information content (AvgIpc) is 2.77. The molecule has 6 nitrogen and oxygen atoms in total. The van der Waals surface area contributed by atoms with E-state index in [-0.39, 0.29) is 19.1 Å². The summed E-state index contributed by atoms with van der Waals surface area (Å²) >= 11 is 0. The third-order valence-corrected chi connectivity index (χ3v) is 2.09. The molecule has 6 heteroatoms. The Hall–Kier alpha value is -1.40. The van der Waals surface area contributed by atoms with Crippen LogP contribution in [0.1, 0.15) is 13.0 Å². The number of amides is 1. The van der Waals surface area contributed by atoms with Gasteiger partial charge in [0.05, 0.1) is 19.3 Å². The molecular formula is C9H15N3O3. The van der Waals surface area contributed by atoms with E-state index in [4.69, 9.17) is 10.2 Å². The molecule has 3 N–H and O–H groups in total. The van der Waals surface area contributed by atoms with Crippen molar-refractivity contribution < 1.29 is 15.0 Å². The van der Waals surface area contributed by atoms with Crippen LogP contribution in [0.4, 0.5) is 0 Å². The standard InChI is InChI=1S/C9H15N3O3/c1-7(12-4-2-3-10-12)9(15)11-8(5-13)6-14/h2-4,7-8,13-14H,5-6H2,1H3,(H,11,15). The van der Waals surface area contributed by atoms with E-state index in [0.29, 0.717) is 0 Å². The molecule has 0 aliphatic carbocycles. The van der Waals surface area contributed by atoms with Crippen LogP contribution in [-0.4, -0.2) is 45.2 Å². The zero-order valence-corrected chi connectivity index (χ0v) is 8.50. The first-order chi connectivity index (χ1) is 7.19. The van der Waals surface area contributed by atoms with Crippen LogP contribution in [0.5, 0.6) is 0 Å². The predicted molar refractivity (Wildman–Crippen MR) is 53.0 cm³/mol. The molecule has 0 bridgehead atoms. The first-order valence-corrected chi connectivity index (χ1v) is 4.70. The van der Waals surface area contributed by atoms with Crippen LogP contribution in [0.15, 0.2) is 18.5 Å². The molecule has 0 spiro atoms. The second-order valence-corrected chi connectivity index (χ2v) is 3.23. The summed E-state index contributed by atoms with van der Waals surface area (Å²) in [6, 6.07) is 0.649. The molecule has 1 aromatic rings. The van der Waals surface area contributed by atoms with E-state index >= 15 is 0 Å². The molecule has 1 heterocycles. The van der Waals surface area contributed by atoms with Gasteiger partial charge in [0, 0.05) is 12.4 Å². The summed E-state index contributed by atoms with van der Waals surface area (Å²) in [5.74, 6) is -0.285. The molecule has 0 fully saturated rings. The van der Waals surface area contributed by atoms with Crippen molar-refractivity contribution in [2.75, 3.05) is 13.2 Å². The highest BCUT2D eigenvalue weighted by Crippen LogP contribution is 2.03. The summed E-state index contributed by atoms with van der Waals surface area (Å²) in [7, 11) is 0. The summed E-state index contributed by atoms with van der Waals surface area (Å²) in [6.07, 6.45) is 3.26. The third-order valence-electron chi connectivity index (χ3n) is 2.09. The van der Waals surface area contributed by atoms with Gasteiger partial charge in [0.25, 0.3) is 0 Å². The zero-order chi connectivity index (χ0) is 11.3. The maximum atomic E-state index is 11.6. The first-order valence-electron chi connectivity index (χ1n) is 4.70. The number of aliphatic hydroxyl groups excluding tert-OH is 2. The number of aromatic nitrogens is 2. The number of aliphatic hydroxyl groups is 2. The highest BCUT2D eigenvalue weighted by Gasteiger charge is 2.17.